The molecule has 1 aromatic heterocycles. The summed E-state index contributed by atoms with van der Waals surface area (Å²) >= 11 is 6.09. The summed E-state index contributed by atoms with van der Waals surface area (Å²) in [5, 5.41) is 3.88. The van der Waals surface area contributed by atoms with Crippen LogP contribution in [0, 0.1) is 0 Å². The van der Waals surface area contributed by atoms with Gasteiger partial charge in [-0.25, -0.2) is 5.43 Å². The molecule has 1 aromatic carbocycles. The molecule has 0 saturated carbocycles. The molecule has 2 rings (SSSR count). The molecule has 0 spiro atoms. The minimum absolute atomic E-state index is 0.0308. The van der Waals surface area contributed by atoms with Gasteiger partial charge in [0.05, 0.1) is 24.1 Å². The van der Waals surface area contributed by atoms with Crippen LogP contribution in [-0.4, -0.2) is 38.4 Å². The molecule has 1 amide bonds. The lowest BCUT2D eigenvalue weighted by Crippen LogP contribution is -2.17. The third kappa shape index (κ3) is 5.71. The molecule has 0 aliphatic heterocycles. The van der Waals surface area contributed by atoms with Crippen LogP contribution in [0.4, 0.5) is 0 Å². The standard InChI is InChI=1S/C16H16ClN3O5S/c1-3-24-14-9-11(8-13(17)15(14)25-26(2,22)23)10-19-20-16(21)12-4-6-18-7-5-12/h4-10H,3H2,1-2H3,(H,20,21)/b19-10+. The van der Waals surface area contributed by atoms with Crippen LogP contribution in [0.2, 0.25) is 5.02 Å². The van der Waals surface area contributed by atoms with E-state index in [1.807, 2.05) is 0 Å². The number of carbonyl (C=O) groups is 1. The predicted octanol–water partition coefficient (Wildman–Crippen LogP) is 2.24. The van der Waals surface area contributed by atoms with E-state index < -0.39 is 16.0 Å². The first-order valence-electron chi connectivity index (χ1n) is 7.39. The molecule has 0 unspecified atom stereocenters. The molecule has 0 saturated heterocycles. The SMILES string of the molecule is CCOc1cc(/C=N/NC(=O)c2ccncc2)cc(Cl)c1OS(C)(=O)=O. The van der Waals surface area contributed by atoms with E-state index in [2.05, 4.69) is 15.5 Å². The van der Waals surface area contributed by atoms with Crippen LogP contribution in [0.25, 0.3) is 0 Å². The average Bonchev–Trinajstić information content (AvgIpc) is 2.58. The van der Waals surface area contributed by atoms with E-state index in [1.54, 1.807) is 19.1 Å². The fourth-order valence-corrected chi connectivity index (χ4v) is 2.67. The molecule has 8 nitrogen and oxygen atoms in total. The largest absolute Gasteiger partial charge is 0.490 e. The quantitative estimate of drug-likeness (QED) is 0.436. The van der Waals surface area contributed by atoms with Crippen molar-refractivity contribution in [2.24, 2.45) is 5.10 Å². The zero-order valence-corrected chi connectivity index (χ0v) is 15.5. The highest BCUT2D eigenvalue weighted by molar-refractivity contribution is 7.86. The fraction of sp³-hybridized carbons (Fsp3) is 0.188. The highest BCUT2D eigenvalue weighted by Crippen LogP contribution is 2.37. The van der Waals surface area contributed by atoms with Crippen LogP contribution in [0.3, 0.4) is 0 Å². The molecule has 0 fully saturated rings. The zero-order chi connectivity index (χ0) is 19.2. The number of ether oxygens (including phenoxy) is 1. The Morgan fingerprint density at radius 3 is 2.65 bits per heavy atom. The van der Waals surface area contributed by atoms with Crippen molar-refractivity contribution < 1.29 is 22.1 Å². The van der Waals surface area contributed by atoms with Gasteiger partial charge in [-0.2, -0.15) is 13.5 Å². The number of pyridine rings is 1. The van der Waals surface area contributed by atoms with Crippen molar-refractivity contribution in [2.45, 2.75) is 6.92 Å². The first-order valence-corrected chi connectivity index (χ1v) is 9.59. The second-order valence-corrected chi connectivity index (χ2v) is 6.97. The van der Waals surface area contributed by atoms with Crippen molar-refractivity contribution in [3.8, 4) is 11.5 Å². The second-order valence-electron chi connectivity index (χ2n) is 4.99. The van der Waals surface area contributed by atoms with E-state index in [1.165, 1.54) is 30.7 Å². The average molecular weight is 398 g/mol. The van der Waals surface area contributed by atoms with Crippen molar-refractivity contribution in [2.75, 3.05) is 12.9 Å². The Labute approximate surface area is 155 Å². The number of hydrogen-bond acceptors (Lipinski definition) is 7. The Morgan fingerprint density at radius 1 is 1.35 bits per heavy atom. The van der Waals surface area contributed by atoms with Crippen LogP contribution >= 0.6 is 11.6 Å². The number of carbonyl (C=O) groups excluding carboxylic acids is 1. The molecule has 1 N–H and O–H groups in total. The highest BCUT2D eigenvalue weighted by atomic mass is 35.5. The van der Waals surface area contributed by atoms with Gasteiger partial charge in [0, 0.05) is 18.0 Å². The van der Waals surface area contributed by atoms with Crippen molar-refractivity contribution in [3.63, 3.8) is 0 Å². The number of hydrogen-bond donors (Lipinski definition) is 1. The Balaban J connectivity index is 2.20. The maximum atomic E-state index is 11.9. The van der Waals surface area contributed by atoms with Gasteiger partial charge in [-0.1, -0.05) is 11.6 Å². The van der Waals surface area contributed by atoms with Gasteiger partial charge in [-0.05, 0) is 36.8 Å². The van der Waals surface area contributed by atoms with E-state index in [-0.39, 0.29) is 23.1 Å². The van der Waals surface area contributed by atoms with Crippen LogP contribution < -0.4 is 14.3 Å². The molecule has 10 heteroatoms. The number of amides is 1. The van der Waals surface area contributed by atoms with Gasteiger partial charge in [0.15, 0.2) is 5.75 Å². The number of hydrazone groups is 1. The monoisotopic (exact) mass is 397 g/mol. The third-order valence-electron chi connectivity index (χ3n) is 2.89. The number of benzene rings is 1. The maximum Gasteiger partial charge on any atom is 0.306 e. The molecule has 26 heavy (non-hydrogen) atoms. The first-order chi connectivity index (χ1) is 12.3. The van der Waals surface area contributed by atoms with Gasteiger partial charge in [0.25, 0.3) is 5.91 Å². The minimum atomic E-state index is -3.77. The van der Waals surface area contributed by atoms with E-state index in [0.29, 0.717) is 11.1 Å². The van der Waals surface area contributed by atoms with Crippen LogP contribution in [0.1, 0.15) is 22.8 Å². The summed E-state index contributed by atoms with van der Waals surface area (Å²) in [5.41, 5.74) is 3.25. The number of halogens is 1. The van der Waals surface area contributed by atoms with E-state index in [0.717, 1.165) is 6.26 Å². The Bertz CT molecular complexity index is 917. The second kappa shape index (κ2) is 8.63. The van der Waals surface area contributed by atoms with Crippen LogP contribution in [0.5, 0.6) is 11.5 Å². The van der Waals surface area contributed by atoms with Gasteiger partial charge in [0.2, 0.25) is 5.75 Å². The molecule has 138 valence electrons. The number of aromatic nitrogens is 1. The zero-order valence-electron chi connectivity index (χ0n) is 14.0. The lowest BCUT2D eigenvalue weighted by molar-refractivity contribution is 0.0955. The van der Waals surface area contributed by atoms with Gasteiger partial charge in [-0.3, -0.25) is 9.78 Å². The highest BCUT2D eigenvalue weighted by Gasteiger charge is 2.16. The summed E-state index contributed by atoms with van der Waals surface area (Å²) in [4.78, 5) is 15.7. The number of nitrogens with zero attached hydrogens (tertiary/aromatic N) is 2. The van der Waals surface area contributed by atoms with Crippen LogP contribution in [-0.2, 0) is 10.1 Å². The summed E-state index contributed by atoms with van der Waals surface area (Å²) in [7, 11) is -3.77. The molecule has 2 aromatic rings. The third-order valence-corrected chi connectivity index (χ3v) is 3.64. The van der Waals surface area contributed by atoms with Gasteiger partial charge < -0.3 is 8.92 Å². The molecule has 0 bridgehead atoms. The van der Waals surface area contributed by atoms with Crippen molar-refractivity contribution in [1.82, 2.24) is 10.4 Å². The summed E-state index contributed by atoms with van der Waals surface area (Å²) < 4.78 is 33.0. The first kappa shape index (κ1) is 19.7. The lowest BCUT2D eigenvalue weighted by atomic mass is 10.2. The topological polar surface area (TPSA) is 107 Å². The van der Waals surface area contributed by atoms with E-state index in [4.69, 9.17) is 20.5 Å². The van der Waals surface area contributed by atoms with E-state index >= 15 is 0 Å². The van der Waals surface area contributed by atoms with Crippen LogP contribution in [0.15, 0.2) is 41.8 Å². The Hall–Kier alpha value is -2.65. The molecule has 0 atom stereocenters. The Kier molecular flexibility index (Phi) is 6.53. The van der Waals surface area contributed by atoms with Crippen molar-refractivity contribution in [3.05, 3.63) is 52.8 Å². The summed E-state index contributed by atoms with van der Waals surface area (Å²) in [6.45, 7) is 2.00. The Morgan fingerprint density at radius 2 is 2.04 bits per heavy atom. The lowest BCUT2D eigenvalue weighted by Gasteiger charge is -2.12. The molecular formula is C16H16ClN3O5S. The van der Waals surface area contributed by atoms with Crippen molar-refractivity contribution >= 4 is 33.8 Å². The van der Waals surface area contributed by atoms with Crippen molar-refractivity contribution in [1.29, 1.82) is 0 Å². The molecule has 1 heterocycles. The number of nitrogens with one attached hydrogen (secondary N) is 1. The predicted molar refractivity (Wildman–Crippen MR) is 97.4 cm³/mol. The van der Waals surface area contributed by atoms with Gasteiger partial charge in [0.1, 0.15) is 0 Å². The van der Waals surface area contributed by atoms with Gasteiger partial charge in [-0.15, -0.1) is 0 Å². The smallest absolute Gasteiger partial charge is 0.306 e. The number of rotatable bonds is 7. The van der Waals surface area contributed by atoms with E-state index in [9.17, 15) is 13.2 Å². The maximum absolute atomic E-state index is 11.9. The fourth-order valence-electron chi connectivity index (χ4n) is 1.89. The summed E-state index contributed by atoms with van der Waals surface area (Å²) in [6, 6.07) is 6.03. The normalized spacial score (nSPS) is 11.3. The molecule has 0 aliphatic rings. The molecule has 0 aliphatic carbocycles. The van der Waals surface area contributed by atoms with Gasteiger partial charge >= 0.3 is 10.1 Å². The summed E-state index contributed by atoms with van der Waals surface area (Å²) in [6.07, 6.45) is 5.24. The summed E-state index contributed by atoms with van der Waals surface area (Å²) in [5.74, 6) is -0.363. The molecule has 0 radical (unpaired) electrons. The molecular weight excluding hydrogens is 382 g/mol. The minimum Gasteiger partial charge on any atom is -0.490 e.